The van der Waals surface area contributed by atoms with Crippen LogP contribution in [0.3, 0.4) is 0 Å². The summed E-state index contributed by atoms with van der Waals surface area (Å²) in [7, 11) is 0. The van der Waals surface area contributed by atoms with Crippen molar-refractivity contribution in [3.05, 3.63) is 0 Å². The molecule has 2 atom stereocenters. The Morgan fingerprint density at radius 2 is 1.65 bits per heavy atom. The number of hydrogen-bond acceptors (Lipinski definition) is 7. The Kier molecular flexibility index (Phi) is 13.3. The number of amides is 3. The van der Waals surface area contributed by atoms with Crippen molar-refractivity contribution >= 4 is 35.5 Å². The van der Waals surface area contributed by atoms with Gasteiger partial charge in [0, 0.05) is 0 Å². The molecular formula is C15H29N5O5S. The van der Waals surface area contributed by atoms with Crippen LogP contribution in [0.5, 0.6) is 0 Å². The van der Waals surface area contributed by atoms with Crippen LogP contribution in [0, 0.1) is 0 Å². The zero-order chi connectivity index (χ0) is 19.9. The normalized spacial score (nSPS) is 12.7. The van der Waals surface area contributed by atoms with Crippen molar-refractivity contribution < 1.29 is 24.3 Å². The Labute approximate surface area is 157 Å². The number of thioether (sulfide) groups is 1. The predicted octanol–water partition coefficient (Wildman–Crippen LogP) is -2.00. The topological polar surface area (TPSA) is 177 Å². The van der Waals surface area contributed by atoms with Gasteiger partial charge in [0.1, 0.15) is 12.1 Å². The molecule has 0 saturated heterocycles. The van der Waals surface area contributed by atoms with Crippen molar-refractivity contribution in [1.82, 2.24) is 16.0 Å². The Bertz CT molecular complexity index is 477. The van der Waals surface area contributed by atoms with Crippen LogP contribution < -0.4 is 27.4 Å². The fraction of sp³-hybridized carbons (Fsp3) is 0.733. The molecule has 0 rings (SSSR count). The highest BCUT2D eigenvalue weighted by Gasteiger charge is 2.22. The van der Waals surface area contributed by atoms with E-state index in [1.54, 1.807) is 0 Å². The van der Waals surface area contributed by atoms with Crippen molar-refractivity contribution in [2.45, 2.75) is 37.8 Å². The maximum atomic E-state index is 12.1. The van der Waals surface area contributed by atoms with Gasteiger partial charge in [-0.15, -0.1) is 0 Å². The van der Waals surface area contributed by atoms with E-state index < -0.39 is 35.8 Å². The molecule has 2 unspecified atom stereocenters. The molecule has 11 heteroatoms. The van der Waals surface area contributed by atoms with E-state index in [0.717, 1.165) is 0 Å². The average molecular weight is 391 g/mol. The fourth-order valence-electron chi connectivity index (χ4n) is 2.04. The van der Waals surface area contributed by atoms with E-state index in [2.05, 4.69) is 16.0 Å². The fourth-order valence-corrected chi connectivity index (χ4v) is 2.52. The average Bonchev–Trinajstić information content (AvgIpc) is 2.61. The van der Waals surface area contributed by atoms with Gasteiger partial charge in [-0.2, -0.15) is 11.8 Å². The molecule has 0 spiro atoms. The second-order valence-electron chi connectivity index (χ2n) is 5.57. The minimum atomic E-state index is -1.14. The molecular weight excluding hydrogens is 362 g/mol. The summed E-state index contributed by atoms with van der Waals surface area (Å²) in [6.07, 6.45) is 3.74. The van der Waals surface area contributed by atoms with Gasteiger partial charge >= 0.3 is 5.97 Å². The third-order valence-electron chi connectivity index (χ3n) is 3.45. The zero-order valence-electron chi connectivity index (χ0n) is 15.0. The molecule has 0 radical (unpaired) electrons. The summed E-state index contributed by atoms with van der Waals surface area (Å²) >= 11 is 1.51. The number of unbranched alkanes of at least 4 members (excludes halogenated alkanes) is 1. The van der Waals surface area contributed by atoms with Crippen molar-refractivity contribution in [3.8, 4) is 0 Å². The van der Waals surface area contributed by atoms with E-state index in [1.165, 1.54) is 11.8 Å². The summed E-state index contributed by atoms with van der Waals surface area (Å²) < 4.78 is 0. The molecule has 0 aromatic carbocycles. The van der Waals surface area contributed by atoms with Crippen LogP contribution in [0.1, 0.15) is 25.7 Å². The van der Waals surface area contributed by atoms with E-state index in [-0.39, 0.29) is 19.5 Å². The Morgan fingerprint density at radius 3 is 2.19 bits per heavy atom. The highest BCUT2D eigenvalue weighted by Crippen LogP contribution is 2.02. The second kappa shape index (κ2) is 14.3. The van der Waals surface area contributed by atoms with Gasteiger partial charge in [-0.05, 0) is 44.2 Å². The molecule has 0 saturated carbocycles. The van der Waals surface area contributed by atoms with E-state index in [0.29, 0.717) is 31.6 Å². The maximum Gasteiger partial charge on any atom is 0.326 e. The molecule has 150 valence electrons. The van der Waals surface area contributed by atoms with Crippen molar-refractivity contribution in [2.24, 2.45) is 11.5 Å². The molecule has 0 aliphatic heterocycles. The van der Waals surface area contributed by atoms with Gasteiger partial charge < -0.3 is 32.5 Å². The first-order valence-corrected chi connectivity index (χ1v) is 9.73. The van der Waals surface area contributed by atoms with E-state index >= 15 is 0 Å². The smallest absolute Gasteiger partial charge is 0.326 e. The molecule has 8 N–H and O–H groups in total. The molecule has 0 aromatic heterocycles. The SMILES string of the molecule is CSCCC(NC(=O)CN)C(=O)NCC(=O)NC(CCCCN)C(=O)O. The van der Waals surface area contributed by atoms with Gasteiger partial charge in [-0.3, -0.25) is 14.4 Å². The minimum absolute atomic E-state index is 0.243. The lowest BCUT2D eigenvalue weighted by Gasteiger charge is -2.18. The second-order valence-corrected chi connectivity index (χ2v) is 6.55. The third kappa shape index (κ3) is 10.9. The zero-order valence-corrected chi connectivity index (χ0v) is 15.8. The van der Waals surface area contributed by atoms with Crippen LogP contribution in [0.25, 0.3) is 0 Å². The number of carboxylic acids is 1. The number of rotatable bonds is 14. The predicted molar refractivity (Wildman–Crippen MR) is 99.5 cm³/mol. The van der Waals surface area contributed by atoms with Gasteiger partial charge in [0.2, 0.25) is 17.7 Å². The first-order valence-electron chi connectivity index (χ1n) is 8.34. The third-order valence-corrected chi connectivity index (χ3v) is 4.10. The molecule has 0 aromatic rings. The Morgan fingerprint density at radius 1 is 1.00 bits per heavy atom. The highest BCUT2D eigenvalue weighted by atomic mass is 32.2. The largest absolute Gasteiger partial charge is 0.480 e. The summed E-state index contributed by atoms with van der Waals surface area (Å²) in [6.45, 7) is -0.178. The van der Waals surface area contributed by atoms with Gasteiger partial charge in [0.25, 0.3) is 0 Å². The molecule has 0 aliphatic carbocycles. The van der Waals surface area contributed by atoms with Crippen LogP contribution in [0.15, 0.2) is 0 Å². The standard InChI is InChI=1S/C15H29N5O5S/c1-26-7-5-10(19-12(21)8-17)14(23)18-9-13(22)20-11(15(24)25)4-2-3-6-16/h10-11H,2-9,16-17H2,1H3,(H,18,23)(H,19,21)(H,20,22)(H,24,25). The summed E-state index contributed by atoms with van der Waals surface area (Å²) in [5.41, 5.74) is 10.6. The first-order chi connectivity index (χ1) is 12.3. The van der Waals surface area contributed by atoms with Crippen LogP contribution >= 0.6 is 11.8 Å². The number of carbonyl (C=O) groups is 4. The number of nitrogens with one attached hydrogen (secondary N) is 3. The summed E-state index contributed by atoms with van der Waals surface area (Å²) in [6, 6.07) is -1.83. The van der Waals surface area contributed by atoms with Crippen LogP contribution in [0.2, 0.25) is 0 Å². The van der Waals surface area contributed by atoms with Gasteiger partial charge in [0.15, 0.2) is 0 Å². The molecule has 0 heterocycles. The molecule has 0 aliphatic rings. The summed E-state index contributed by atoms with van der Waals surface area (Å²) in [4.78, 5) is 46.6. The highest BCUT2D eigenvalue weighted by molar-refractivity contribution is 7.98. The van der Waals surface area contributed by atoms with Crippen molar-refractivity contribution in [2.75, 3.05) is 31.6 Å². The Balaban J connectivity index is 4.50. The lowest BCUT2D eigenvalue weighted by Crippen LogP contribution is -2.51. The molecule has 10 nitrogen and oxygen atoms in total. The monoisotopic (exact) mass is 391 g/mol. The quantitative estimate of drug-likeness (QED) is 0.184. The van der Waals surface area contributed by atoms with Crippen LogP contribution in [0.4, 0.5) is 0 Å². The number of aliphatic carboxylic acids is 1. The van der Waals surface area contributed by atoms with E-state index in [9.17, 15) is 19.2 Å². The minimum Gasteiger partial charge on any atom is -0.480 e. The molecule has 0 bridgehead atoms. The summed E-state index contributed by atoms with van der Waals surface area (Å²) in [5, 5.41) is 16.4. The van der Waals surface area contributed by atoms with Gasteiger partial charge in [-0.25, -0.2) is 4.79 Å². The number of carbonyl (C=O) groups excluding carboxylic acids is 3. The molecule has 0 fully saturated rings. The lowest BCUT2D eigenvalue weighted by molar-refractivity contribution is -0.142. The van der Waals surface area contributed by atoms with Gasteiger partial charge in [0.05, 0.1) is 13.1 Å². The van der Waals surface area contributed by atoms with Crippen molar-refractivity contribution in [3.63, 3.8) is 0 Å². The number of hydrogen-bond donors (Lipinski definition) is 6. The van der Waals surface area contributed by atoms with E-state index in [4.69, 9.17) is 16.6 Å². The van der Waals surface area contributed by atoms with Gasteiger partial charge in [-0.1, -0.05) is 0 Å². The van der Waals surface area contributed by atoms with Crippen molar-refractivity contribution in [1.29, 1.82) is 0 Å². The summed E-state index contributed by atoms with van der Waals surface area (Å²) in [5.74, 6) is -2.12. The number of nitrogens with two attached hydrogens (primary N) is 2. The lowest BCUT2D eigenvalue weighted by atomic mass is 10.1. The maximum absolute atomic E-state index is 12.1. The molecule has 3 amide bonds. The molecule has 26 heavy (non-hydrogen) atoms. The first kappa shape index (κ1) is 24.1. The van der Waals surface area contributed by atoms with Crippen LogP contribution in [-0.4, -0.2) is 72.5 Å². The van der Waals surface area contributed by atoms with E-state index in [1.807, 2.05) is 6.26 Å². The van der Waals surface area contributed by atoms with Crippen LogP contribution in [-0.2, 0) is 19.2 Å². The number of carboxylic acid groups (broad SMARTS) is 1. The Hall–Kier alpha value is -1.85.